The first-order chi connectivity index (χ1) is 8.56. The Balaban J connectivity index is 1.90. The van der Waals surface area contributed by atoms with Crippen molar-refractivity contribution in [3.05, 3.63) is 39.2 Å². The minimum absolute atomic E-state index is 0.223. The molecule has 2 rings (SSSR count). The van der Waals surface area contributed by atoms with Crippen LogP contribution < -0.4 is 5.32 Å². The number of aromatic nitrogens is 1. The van der Waals surface area contributed by atoms with Gasteiger partial charge in [0.25, 0.3) is 0 Å². The Labute approximate surface area is 108 Å². The molecule has 0 unspecified atom stereocenters. The van der Waals surface area contributed by atoms with Crippen molar-refractivity contribution in [1.29, 1.82) is 0 Å². The van der Waals surface area contributed by atoms with Gasteiger partial charge in [-0.25, -0.2) is 9.78 Å². The number of carboxylic acids is 1. The molecule has 0 aliphatic carbocycles. The van der Waals surface area contributed by atoms with E-state index in [2.05, 4.69) is 10.3 Å². The number of carboxylic acid groups (broad SMARTS) is 1. The normalized spacial score (nSPS) is 10.8. The van der Waals surface area contributed by atoms with Crippen LogP contribution in [-0.4, -0.2) is 16.1 Å². The number of thiazole rings is 1. The van der Waals surface area contributed by atoms with Crippen LogP contribution in [0.5, 0.6) is 0 Å². The lowest BCUT2D eigenvalue weighted by Gasteiger charge is -1.98. The summed E-state index contributed by atoms with van der Waals surface area (Å²) >= 11 is 1.64. The Bertz CT molecular complexity index is 559. The zero-order chi connectivity index (χ0) is 13.1. The maximum atomic E-state index is 10.8. The Kier molecular flexibility index (Phi) is 3.78. The van der Waals surface area contributed by atoms with Crippen LogP contribution in [-0.2, 0) is 13.1 Å². The highest BCUT2D eigenvalue weighted by atomic mass is 32.1. The van der Waals surface area contributed by atoms with E-state index < -0.39 is 5.97 Å². The van der Waals surface area contributed by atoms with Gasteiger partial charge in [0.2, 0.25) is 0 Å². The molecule has 6 heteroatoms. The number of hydrogen-bond acceptors (Lipinski definition) is 5. The van der Waals surface area contributed by atoms with Crippen molar-refractivity contribution in [2.75, 3.05) is 0 Å². The lowest BCUT2D eigenvalue weighted by Crippen LogP contribution is -2.11. The Hall–Kier alpha value is -1.66. The zero-order valence-corrected chi connectivity index (χ0v) is 11.0. The molecule has 2 aromatic heterocycles. The summed E-state index contributed by atoms with van der Waals surface area (Å²) in [6, 6.07) is 1.56. The number of nitrogens with zero attached hydrogens (tertiary/aromatic N) is 1. The third-order valence-corrected chi connectivity index (χ3v) is 3.38. The van der Waals surface area contributed by atoms with Crippen LogP contribution in [0.1, 0.15) is 31.8 Å². The monoisotopic (exact) mass is 266 g/mol. The van der Waals surface area contributed by atoms with E-state index in [9.17, 15) is 4.79 Å². The predicted molar refractivity (Wildman–Crippen MR) is 67.8 cm³/mol. The molecule has 0 atom stereocenters. The van der Waals surface area contributed by atoms with Gasteiger partial charge in [-0.2, -0.15) is 0 Å². The highest BCUT2D eigenvalue weighted by Crippen LogP contribution is 2.15. The second-order valence-electron chi connectivity index (χ2n) is 3.94. The molecule has 18 heavy (non-hydrogen) atoms. The lowest BCUT2D eigenvalue weighted by atomic mass is 10.2. The number of rotatable bonds is 5. The van der Waals surface area contributed by atoms with Gasteiger partial charge in [0.15, 0.2) is 0 Å². The number of nitrogens with one attached hydrogen (secondary N) is 1. The standard InChI is InChI=1S/C12H14N2O3S/c1-7-11(12(15)16)3-9(17-7)4-13-5-10-6-14-8(2)18-10/h3,6,13H,4-5H2,1-2H3,(H,15,16). The maximum absolute atomic E-state index is 10.8. The van der Waals surface area contributed by atoms with Gasteiger partial charge in [-0.15, -0.1) is 11.3 Å². The number of carbonyl (C=O) groups is 1. The number of furan rings is 1. The minimum atomic E-state index is -0.958. The first kappa shape index (κ1) is 12.8. The van der Waals surface area contributed by atoms with E-state index in [4.69, 9.17) is 9.52 Å². The van der Waals surface area contributed by atoms with E-state index in [0.29, 0.717) is 24.6 Å². The molecule has 2 aromatic rings. The first-order valence-corrected chi connectivity index (χ1v) is 6.32. The van der Waals surface area contributed by atoms with Crippen molar-refractivity contribution in [2.45, 2.75) is 26.9 Å². The van der Waals surface area contributed by atoms with Gasteiger partial charge in [-0.1, -0.05) is 0 Å². The molecule has 2 heterocycles. The van der Waals surface area contributed by atoms with E-state index in [0.717, 1.165) is 9.88 Å². The quantitative estimate of drug-likeness (QED) is 0.868. The summed E-state index contributed by atoms with van der Waals surface area (Å²) in [5, 5.41) is 13.1. The summed E-state index contributed by atoms with van der Waals surface area (Å²) in [7, 11) is 0. The van der Waals surface area contributed by atoms with Gasteiger partial charge in [-0.3, -0.25) is 0 Å². The average molecular weight is 266 g/mol. The molecule has 2 N–H and O–H groups in total. The fourth-order valence-electron chi connectivity index (χ4n) is 1.64. The summed E-state index contributed by atoms with van der Waals surface area (Å²) in [5.41, 5.74) is 0.223. The summed E-state index contributed by atoms with van der Waals surface area (Å²) in [4.78, 5) is 16.2. The molecule has 0 spiro atoms. The average Bonchev–Trinajstić information content (AvgIpc) is 2.85. The fourth-order valence-corrected chi connectivity index (χ4v) is 2.40. The minimum Gasteiger partial charge on any atom is -0.478 e. The highest BCUT2D eigenvalue weighted by molar-refractivity contribution is 7.11. The van der Waals surface area contributed by atoms with Gasteiger partial charge in [-0.05, 0) is 19.9 Å². The van der Waals surface area contributed by atoms with Crippen LogP contribution in [0.25, 0.3) is 0 Å². The third kappa shape index (κ3) is 2.96. The topological polar surface area (TPSA) is 75.4 Å². The van der Waals surface area contributed by atoms with Crippen molar-refractivity contribution in [3.63, 3.8) is 0 Å². The van der Waals surface area contributed by atoms with Crippen LogP contribution in [0, 0.1) is 13.8 Å². The molecular formula is C12H14N2O3S. The van der Waals surface area contributed by atoms with Crippen LogP contribution in [0.4, 0.5) is 0 Å². The van der Waals surface area contributed by atoms with Crippen LogP contribution >= 0.6 is 11.3 Å². The number of hydrogen-bond donors (Lipinski definition) is 2. The molecule has 0 bridgehead atoms. The van der Waals surface area contributed by atoms with Crippen molar-refractivity contribution < 1.29 is 14.3 Å². The van der Waals surface area contributed by atoms with Gasteiger partial charge < -0.3 is 14.8 Å². The second-order valence-corrected chi connectivity index (χ2v) is 5.26. The third-order valence-electron chi connectivity index (χ3n) is 2.47. The molecule has 0 radical (unpaired) electrons. The molecular weight excluding hydrogens is 252 g/mol. The van der Waals surface area contributed by atoms with Gasteiger partial charge in [0, 0.05) is 17.6 Å². The summed E-state index contributed by atoms with van der Waals surface area (Å²) in [6.45, 7) is 4.82. The van der Waals surface area contributed by atoms with Crippen molar-refractivity contribution in [3.8, 4) is 0 Å². The van der Waals surface area contributed by atoms with Crippen LogP contribution in [0.2, 0.25) is 0 Å². The number of aromatic carboxylic acids is 1. The molecule has 5 nitrogen and oxygen atoms in total. The SMILES string of the molecule is Cc1ncc(CNCc2cc(C(=O)O)c(C)o2)s1. The smallest absolute Gasteiger partial charge is 0.339 e. The first-order valence-electron chi connectivity index (χ1n) is 5.51. The summed E-state index contributed by atoms with van der Waals surface area (Å²) in [5.74, 6) is 0.111. The van der Waals surface area contributed by atoms with E-state index >= 15 is 0 Å². The Morgan fingerprint density at radius 2 is 2.28 bits per heavy atom. The van der Waals surface area contributed by atoms with Crippen LogP contribution in [0.15, 0.2) is 16.7 Å². The molecule has 0 saturated heterocycles. The summed E-state index contributed by atoms with van der Waals surface area (Å²) < 4.78 is 5.36. The van der Waals surface area contributed by atoms with Crippen molar-refractivity contribution >= 4 is 17.3 Å². The summed E-state index contributed by atoms with van der Waals surface area (Å²) in [6.07, 6.45) is 1.84. The second kappa shape index (κ2) is 5.32. The van der Waals surface area contributed by atoms with Gasteiger partial charge in [0.05, 0.1) is 11.6 Å². The highest BCUT2D eigenvalue weighted by Gasteiger charge is 2.13. The van der Waals surface area contributed by atoms with E-state index in [-0.39, 0.29) is 5.56 Å². The zero-order valence-electron chi connectivity index (χ0n) is 10.2. The van der Waals surface area contributed by atoms with E-state index in [1.54, 1.807) is 24.3 Å². The Morgan fingerprint density at radius 3 is 2.83 bits per heavy atom. The molecule has 0 amide bonds. The number of aryl methyl sites for hydroxylation is 2. The molecule has 0 aromatic carbocycles. The molecule has 0 saturated carbocycles. The fraction of sp³-hybridized carbons (Fsp3) is 0.333. The maximum Gasteiger partial charge on any atom is 0.339 e. The largest absolute Gasteiger partial charge is 0.478 e. The van der Waals surface area contributed by atoms with Crippen molar-refractivity contribution in [2.24, 2.45) is 0 Å². The molecule has 0 aliphatic heterocycles. The van der Waals surface area contributed by atoms with E-state index in [1.807, 2.05) is 13.1 Å². The van der Waals surface area contributed by atoms with Gasteiger partial charge in [0.1, 0.15) is 17.1 Å². The predicted octanol–water partition coefficient (Wildman–Crippen LogP) is 2.34. The van der Waals surface area contributed by atoms with Crippen molar-refractivity contribution in [1.82, 2.24) is 10.3 Å². The molecule has 0 fully saturated rings. The van der Waals surface area contributed by atoms with E-state index in [1.165, 1.54) is 0 Å². The molecule has 0 aliphatic rings. The molecule has 96 valence electrons. The van der Waals surface area contributed by atoms with Gasteiger partial charge >= 0.3 is 5.97 Å². The lowest BCUT2D eigenvalue weighted by molar-refractivity contribution is 0.0695. The van der Waals surface area contributed by atoms with Crippen LogP contribution in [0.3, 0.4) is 0 Å². The Morgan fingerprint density at radius 1 is 1.50 bits per heavy atom.